The molecule has 0 radical (unpaired) electrons. The second-order valence-electron chi connectivity index (χ2n) is 8.75. The highest BCUT2D eigenvalue weighted by Gasteiger charge is 2.32. The average Bonchev–Trinajstić information content (AvgIpc) is 3.57. The zero-order valence-corrected chi connectivity index (χ0v) is 20.7. The average molecular weight is 512 g/mol. The van der Waals surface area contributed by atoms with Gasteiger partial charge in [0.15, 0.2) is 0 Å². The molecule has 36 heavy (non-hydrogen) atoms. The van der Waals surface area contributed by atoms with E-state index in [1.54, 1.807) is 31.4 Å². The van der Waals surface area contributed by atoms with Crippen LogP contribution in [0.4, 0.5) is 15.9 Å². The Morgan fingerprint density at radius 3 is 3.00 bits per heavy atom. The number of amides is 2. The van der Waals surface area contributed by atoms with E-state index in [-0.39, 0.29) is 30.0 Å². The second kappa shape index (κ2) is 10.2. The van der Waals surface area contributed by atoms with Crippen molar-refractivity contribution in [1.29, 1.82) is 0 Å². The third kappa shape index (κ3) is 4.91. The van der Waals surface area contributed by atoms with E-state index < -0.39 is 11.9 Å². The first-order chi connectivity index (χ1) is 17.4. The molecule has 188 valence electrons. The number of benzene rings is 1. The maximum Gasteiger partial charge on any atom is 0.291 e. The first kappa shape index (κ1) is 24.2. The van der Waals surface area contributed by atoms with E-state index in [9.17, 15) is 14.0 Å². The molecule has 0 unspecified atom stereocenters. The number of H-pyrrole nitrogens is 1. The fourth-order valence-electron chi connectivity index (χ4n) is 4.22. The van der Waals surface area contributed by atoms with E-state index in [1.165, 1.54) is 22.7 Å². The lowest BCUT2D eigenvalue weighted by atomic mass is 10.1. The van der Waals surface area contributed by atoms with Gasteiger partial charge in [0.25, 0.3) is 5.91 Å². The van der Waals surface area contributed by atoms with Crippen molar-refractivity contribution in [1.82, 2.24) is 25.5 Å². The van der Waals surface area contributed by atoms with Gasteiger partial charge >= 0.3 is 0 Å². The topological polar surface area (TPSA) is 116 Å². The van der Waals surface area contributed by atoms with Crippen molar-refractivity contribution in [2.75, 3.05) is 42.9 Å². The summed E-state index contributed by atoms with van der Waals surface area (Å²) in [6, 6.07) is 7.80. The van der Waals surface area contributed by atoms with Gasteiger partial charge in [-0.15, -0.1) is 16.9 Å². The molecule has 0 bridgehead atoms. The van der Waals surface area contributed by atoms with Crippen LogP contribution in [-0.4, -0.2) is 77.1 Å². The molecule has 2 amide bonds. The Morgan fingerprint density at radius 1 is 1.39 bits per heavy atom. The number of carbonyl (C=O) groups excluding carboxylic acids is 2. The molecular formula is C24H26FN7O3S. The summed E-state index contributed by atoms with van der Waals surface area (Å²) in [7, 11) is 3.66. The van der Waals surface area contributed by atoms with Gasteiger partial charge in [-0.05, 0) is 24.1 Å². The summed E-state index contributed by atoms with van der Waals surface area (Å²) in [5, 5.41) is 9.37. The van der Waals surface area contributed by atoms with Crippen molar-refractivity contribution in [3.63, 3.8) is 0 Å². The number of pyridine rings is 1. The maximum absolute atomic E-state index is 13.9. The zero-order chi connectivity index (χ0) is 25.2. The molecule has 2 aliphatic rings. The molecule has 4 heterocycles. The first-order valence-corrected chi connectivity index (χ1v) is 12.6. The van der Waals surface area contributed by atoms with Crippen LogP contribution in [0, 0.1) is 5.82 Å². The quantitative estimate of drug-likeness (QED) is 0.517. The highest BCUT2D eigenvalue weighted by Crippen LogP contribution is 2.36. The molecule has 1 fully saturated rings. The summed E-state index contributed by atoms with van der Waals surface area (Å²) in [5.41, 5.74) is 1.13. The molecule has 0 aliphatic carbocycles. The number of rotatable bonds is 6. The largest absolute Gasteiger partial charge is 0.379 e. The Hall–Kier alpha value is -3.51. The number of carbonyl (C=O) groups is 2. The number of ether oxygens (including phenoxy) is 1. The Balaban J connectivity index is 1.27. The van der Waals surface area contributed by atoms with Crippen LogP contribution >= 0.6 is 11.8 Å². The normalized spacial score (nSPS) is 19.6. The minimum Gasteiger partial charge on any atom is -0.379 e. The summed E-state index contributed by atoms with van der Waals surface area (Å²) >= 11 is 1.48. The van der Waals surface area contributed by atoms with Gasteiger partial charge in [0.1, 0.15) is 23.5 Å². The van der Waals surface area contributed by atoms with Gasteiger partial charge in [0.2, 0.25) is 11.7 Å². The number of hydrogen-bond acceptors (Lipinski definition) is 8. The Morgan fingerprint density at radius 2 is 2.22 bits per heavy atom. The molecule has 2 atom stereocenters. The maximum atomic E-state index is 13.9. The van der Waals surface area contributed by atoms with Crippen LogP contribution < -0.4 is 15.1 Å². The van der Waals surface area contributed by atoms with E-state index in [0.717, 1.165) is 23.7 Å². The lowest BCUT2D eigenvalue weighted by Gasteiger charge is -2.26. The third-order valence-corrected chi connectivity index (χ3v) is 7.54. The molecule has 1 aromatic carbocycles. The monoisotopic (exact) mass is 511 g/mol. The van der Waals surface area contributed by atoms with Gasteiger partial charge in [-0.1, -0.05) is 18.2 Å². The van der Waals surface area contributed by atoms with Crippen LogP contribution in [0.3, 0.4) is 0 Å². The van der Waals surface area contributed by atoms with Gasteiger partial charge in [-0.25, -0.2) is 14.4 Å². The standard InChI is InChI=1S/C24H26FN7O3S/c1-31(15-7-8-35-12-15)21-10-19-18(11-26-21)32(2)24(34)17(13-36-19)27-23(33)22-28-20(29-30-22)9-14-5-3-4-6-16(14)25/h3-6,10-11,15,17H,7-9,12-13H2,1-2H3,(H,27,33)(H,28,29,30)/t15-,17+/m1/s1. The lowest BCUT2D eigenvalue weighted by Crippen LogP contribution is -2.48. The Labute approximate surface area is 211 Å². The minimum atomic E-state index is -0.780. The van der Waals surface area contributed by atoms with Crippen LogP contribution in [0.2, 0.25) is 0 Å². The summed E-state index contributed by atoms with van der Waals surface area (Å²) in [6.07, 6.45) is 2.80. The van der Waals surface area contributed by atoms with Crippen LogP contribution in [0.15, 0.2) is 41.4 Å². The number of halogens is 1. The van der Waals surface area contributed by atoms with Crippen LogP contribution in [-0.2, 0) is 16.0 Å². The van der Waals surface area contributed by atoms with Crippen molar-refractivity contribution >= 4 is 35.1 Å². The number of aromatic amines is 1. The van der Waals surface area contributed by atoms with Crippen molar-refractivity contribution in [2.24, 2.45) is 0 Å². The Kier molecular flexibility index (Phi) is 6.88. The number of nitrogens with zero attached hydrogens (tertiary/aromatic N) is 5. The molecule has 2 aliphatic heterocycles. The number of likely N-dealkylation sites (N-methyl/N-ethyl adjacent to an activating group) is 2. The smallest absolute Gasteiger partial charge is 0.291 e. The van der Waals surface area contributed by atoms with Crippen molar-refractivity contribution in [3.05, 3.63) is 59.6 Å². The summed E-state index contributed by atoms with van der Waals surface area (Å²) < 4.78 is 19.4. The number of fused-ring (bicyclic) bond motifs is 1. The molecule has 2 N–H and O–H groups in total. The van der Waals surface area contributed by atoms with Gasteiger partial charge in [0.05, 0.1) is 24.5 Å². The fraction of sp³-hybridized carbons (Fsp3) is 0.375. The predicted molar refractivity (Wildman–Crippen MR) is 133 cm³/mol. The number of anilines is 2. The SMILES string of the molecule is CN1C(=O)[C@@H](NC(=O)c2n[nH]c(Cc3ccccc3F)n2)CSc2cc(N(C)[C@@H]3CCOC3)ncc21. The summed E-state index contributed by atoms with van der Waals surface area (Å²) in [6.45, 7) is 1.40. The number of aromatic nitrogens is 4. The van der Waals surface area contributed by atoms with Crippen molar-refractivity contribution in [2.45, 2.75) is 29.8 Å². The molecule has 1 saturated heterocycles. The van der Waals surface area contributed by atoms with Gasteiger partial charge in [0, 0.05) is 37.8 Å². The van der Waals surface area contributed by atoms with E-state index in [0.29, 0.717) is 29.4 Å². The molecule has 0 saturated carbocycles. The first-order valence-electron chi connectivity index (χ1n) is 11.6. The molecule has 3 aromatic rings. The molecular weight excluding hydrogens is 485 g/mol. The van der Waals surface area contributed by atoms with Gasteiger partial charge in [-0.3, -0.25) is 14.7 Å². The second-order valence-corrected chi connectivity index (χ2v) is 9.81. The highest BCUT2D eigenvalue weighted by atomic mass is 32.2. The van der Waals surface area contributed by atoms with Crippen LogP contribution in [0.1, 0.15) is 28.4 Å². The number of thioether (sulfide) groups is 1. The molecule has 10 nitrogen and oxygen atoms in total. The minimum absolute atomic E-state index is 0.104. The van der Waals surface area contributed by atoms with Crippen LogP contribution in [0.25, 0.3) is 0 Å². The van der Waals surface area contributed by atoms with Gasteiger partial charge in [-0.2, -0.15) is 0 Å². The molecule has 0 spiro atoms. The predicted octanol–water partition coefficient (Wildman–Crippen LogP) is 2.02. The van der Waals surface area contributed by atoms with E-state index >= 15 is 0 Å². The fourth-order valence-corrected chi connectivity index (χ4v) is 5.31. The van der Waals surface area contributed by atoms with Crippen molar-refractivity contribution < 1.29 is 18.7 Å². The van der Waals surface area contributed by atoms with Crippen molar-refractivity contribution in [3.8, 4) is 0 Å². The molecule has 2 aromatic heterocycles. The molecule has 12 heteroatoms. The van der Waals surface area contributed by atoms with Crippen LogP contribution in [0.5, 0.6) is 0 Å². The van der Waals surface area contributed by atoms with E-state index in [1.807, 2.05) is 13.1 Å². The van der Waals surface area contributed by atoms with E-state index in [2.05, 4.69) is 30.4 Å². The van der Waals surface area contributed by atoms with E-state index in [4.69, 9.17) is 4.74 Å². The summed E-state index contributed by atoms with van der Waals surface area (Å²) in [4.78, 5) is 39.2. The summed E-state index contributed by atoms with van der Waals surface area (Å²) in [5.74, 6) is 0.202. The molecule has 5 rings (SSSR count). The lowest BCUT2D eigenvalue weighted by molar-refractivity contribution is -0.119. The Bertz CT molecular complexity index is 1280. The number of nitrogens with one attached hydrogen (secondary N) is 2. The third-order valence-electron chi connectivity index (χ3n) is 6.40. The number of hydrogen-bond donors (Lipinski definition) is 2. The van der Waals surface area contributed by atoms with Gasteiger partial charge < -0.3 is 19.9 Å². The highest BCUT2D eigenvalue weighted by molar-refractivity contribution is 7.99. The zero-order valence-electron chi connectivity index (χ0n) is 19.9.